The molecule has 0 bridgehead atoms. The number of hydrogen-bond acceptors (Lipinski definition) is 4. The van der Waals surface area contributed by atoms with E-state index >= 15 is 0 Å². The molecule has 6 heteroatoms. The standard InChI is InChI=1S/C17H27N3O2S/c1-13-11-20(12-14(2)22-13)17(21)18-10-15(16-6-5-9-23-16)19-7-3-4-8-19/h5-6,9,13-15H,3-4,7-8,10-12H2,1-2H3,(H,18,21)/t13-,14-,15-/m1/s1. The van der Waals surface area contributed by atoms with Crippen molar-refractivity contribution in [1.29, 1.82) is 0 Å². The first-order valence-electron chi connectivity index (χ1n) is 8.59. The van der Waals surface area contributed by atoms with Crippen LogP contribution in [0.3, 0.4) is 0 Å². The first-order valence-corrected chi connectivity index (χ1v) is 9.47. The fourth-order valence-corrected chi connectivity index (χ4v) is 4.44. The van der Waals surface area contributed by atoms with Crippen LogP contribution in [-0.4, -0.2) is 60.8 Å². The van der Waals surface area contributed by atoms with Gasteiger partial charge in [0, 0.05) is 24.5 Å². The zero-order valence-corrected chi connectivity index (χ0v) is 14.8. The van der Waals surface area contributed by atoms with Crippen molar-refractivity contribution in [2.45, 2.75) is 44.9 Å². The molecule has 0 aliphatic carbocycles. The summed E-state index contributed by atoms with van der Waals surface area (Å²) >= 11 is 1.78. The van der Waals surface area contributed by atoms with Gasteiger partial charge in [0.25, 0.3) is 0 Å². The van der Waals surface area contributed by atoms with E-state index in [4.69, 9.17) is 4.74 Å². The third-order valence-corrected chi connectivity index (χ3v) is 5.58. The second-order valence-corrected chi connectivity index (χ2v) is 7.60. The zero-order chi connectivity index (χ0) is 16.2. The summed E-state index contributed by atoms with van der Waals surface area (Å²) in [6.45, 7) is 8.32. The Hall–Kier alpha value is -1.11. The quantitative estimate of drug-likeness (QED) is 0.919. The van der Waals surface area contributed by atoms with Crippen molar-refractivity contribution >= 4 is 17.4 Å². The lowest BCUT2D eigenvalue weighted by Gasteiger charge is -2.36. The van der Waals surface area contributed by atoms with Gasteiger partial charge in [-0.25, -0.2) is 4.79 Å². The summed E-state index contributed by atoms with van der Waals surface area (Å²) in [6, 6.07) is 4.61. The summed E-state index contributed by atoms with van der Waals surface area (Å²) in [5, 5.41) is 5.27. The molecular formula is C17H27N3O2S. The molecule has 23 heavy (non-hydrogen) atoms. The third kappa shape index (κ3) is 4.25. The molecule has 3 rings (SSSR count). The van der Waals surface area contributed by atoms with E-state index in [1.54, 1.807) is 11.3 Å². The van der Waals surface area contributed by atoms with Crippen LogP contribution in [0.2, 0.25) is 0 Å². The Kier molecular flexibility index (Phi) is 5.56. The Labute approximate surface area is 142 Å². The van der Waals surface area contributed by atoms with Crippen molar-refractivity contribution in [3.63, 3.8) is 0 Å². The first kappa shape index (κ1) is 16.7. The summed E-state index contributed by atoms with van der Waals surface area (Å²) < 4.78 is 5.70. The minimum Gasteiger partial charge on any atom is -0.372 e. The van der Waals surface area contributed by atoms with E-state index in [0.29, 0.717) is 25.7 Å². The Morgan fingerprint density at radius 2 is 2.04 bits per heavy atom. The van der Waals surface area contributed by atoms with E-state index in [9.17, 15) is 4.79 Å². The van der Waals surface area contributed by atoms with Gasteiger partial charge in [-0.1, -0.05) is 6.07 Å². The molecule has 0 aromatic carbocycles. The van der Waals surface area contributed by atoms with Gasteiger partial charge in [-0.2, -0.15) is 0 Å². The van der Waals surface area contributed by atoms with E-state index < -0.39 is 0 Å². The van der Waals surface area contributed by atoms with Crippen LogP contribution in [0.25, 0.3) is 0 Å². The topological polar surface area (TPSA) is 44.8 Å². The summed E-state index contributed by atoms with van der Waals surface area (Å²) in [5.74, 6) is 0. The van der Waals surface area contributed by atoms with Gasteiger partial charge in [0.2, 0.25) is 0 Å². The second-order valence-electron chi connectivity index (χ2n) is 6.62. The van der Waals surface area contributed by atoms with Crippen molar-refractivity contribution in [1.82, 2.24) is 15.1 Å². The molecule has 3 heterocycles. The molecule has 1 aromatic rings. The molecule has 0 radical (unpaired) electrons. The van der Waals surface area contributed by atoms with Crippen LogP contribution in [0.4, 0.5) is 4.79 Å². The van der Waals surface area contributed by atoms with E-state index in [1.165, 1.54) is 17.7 Å². The lowest BCUT2D eigenvalue weighted by molar-refractivity contribution is -0.0546. The van der Waals surface area contributed by atoms with Crippen LogP contribution in [0, 0.1) is 0 Å². The van der Waals surface area contributed by atoms with Crippen molar-refractivity contribution < 1.29 is 9.53 Å². The molecule has 2 aliphatic rings. The molecule has 5 nitrogen and oxygen atoms in total. The molecular weight excluding hydrogens is 310 g/mol. The molecule has 2 saturated heterocycles. The number of nitrogens with zero attached hydrogens (tertiary/aromatic N) is 2. The zero-order valence-electron chi connectivity index (χ0n) is 14.0. The molecule has 2 aliphatic heterocycles. The summed E-state index contributed by atoms with van der Waals surface area (Å²) in [5.41, 5.74) is 0. The highest BCUT2D eigenvalue weighted by Gasteiger charge is 2.28. The number of hydrogen-bond donors (Lipinski definition) is 1. The molecule has 1 aromatic heterocycles. The van der Waals surface area contributed by atoms with Gasteiger partial charge in [-0.15, -0.1) is 11.3 Å². The number of amides is 2. The molecule has 0 saturated carbocycles. The van der Waals surface area contributed by atoms with Crippen LogP contribution in [0.5, 0.6) is 0 Å². The van der Waals surface area contributed by atoms with Crippen LogP contribution in [-0.2, 0) is 4.74 Å². The lowest BCUT2D eigenvalue weighted by Crippen LogP contribution is -2.52. The van der Waals surface area contributed by atoms with Gasteiger partial charge in [0.1, 0.15) is 0 Å². The van der Waals surface area contributed by atoms with Crippen molar-refractivity contribution in [2.75, 3.05) is 32.7 Å². The number of ether oxygens (including phenoxy) is 1. The van der Waals surface area contributed by atoms with Gasteiger partial charge >= 0.3 is 6.03 Å². The molecule has 0 spiro atoms. The fourth-order valence-electron chi connectivity index (χ4n) is 3.58. The van der Waals surface area contributed by atoms with Gasteiger partial charge in [-0.3, -0.25) is 4.90 Å². The van der Waals surface area contributed by atoms with Crippen LogP contribution in [0.15, 0.2) is 17.5 Å². The minimum absolute atomic E-state index is 0.0350. The van der Waals surface area contributed by atoms with Gasteiger partial charge < -0.3 is 15.0 Å². The van der Waals surface area contributed by atoms with E-state index in [1.807, 2.05) is 18.7 Å². The Balaban J connectivity index is 1.58. The average molecular weight is 337 g/mol. The van der Waals surface area contributed by atoms with Crippen molar-refractivity contribution in [2.24, 2.45) is 0 Å². The van der Waals surface area contributed by atoms with E-state index in [2.05, 4.69) is 27.7 Å². The van der Waals surface area contributed by atoms with Crippen LogP contribution >= 0.6 is 11.3 Å². The van der Waals surface area contributed by atoms with Crippen molar-refractivity contribution in [3.8, 4) is 0 Å². The highest BCUT2D eigenvalue weighted by atomic mass is 32.1. The highest BCUT2D eigenvalue weighted by Crippen LogP contribution is 2.27. The minimum atomic E-state index is 0.0350. The number of carbonyl (C=O) groups is 1. The number of morpholine rings is 1. The van der Waals surface area contributed by atoms with Gasteiger partial charge in [0.05, 0.1) is 18.2 Å². The van der Waals surface area contributed by atoms with Gasteiger partial charge in [-0.05, 0) is 51.2 Å². The Morgan fingerprint density at radius 3 is 2.65 bits per heavy atom. The fraction of sp³-hybridized carbons (Fsp3) is 0.706. The summed E-state index contributed by atoms with van der Waals surface area (Å²) in [4.78, 5) is 18.2. The molecule has 3 atom stereocenters. The molecule has 1 N–H and O–H groups in total. The number of thiophene rings is 1. The first-order chi connectivity index (χ1) is 11.1. The van der Waals surface area contributed by atoms with Crippen LogP contribution < -0.4 is 5.32 Å². The van der Waals surface area contributed by atoms with Crippen molar-refractivity contribution in [3.05, 3.63) is 22.4 Å². The average Bonchev–Trinajstić information content (AvgIpc) is 3.20. The molecule has 2 amide bonds. The largest absolute Gasteiger partial charge is 0.372 e. The number of rotatable bonds is 4. The Morgan fingerprint density at radius 1 is 1.35 bits per heavy atom. The number of urea groups is 1. The number of carbonyl (C=O) groups excluding carboxylic acids is 1. The predicted molar refractivity (Wildman–Crippen MR) is 92.8 cm³/mol. The second kappa shape index (κ2) is 7.64. The Bertz CT molecular complexity index is 492. The maximum Gasteiger partial charge on any atom is 0.317 e. The maximum absolute atomic E-state index is 12.5. The predicted octanol–water partition coefficient (Wildman–Crippen LogP) is 2.70. The molecule has 128 valence electrons. The maximum atomic E-state index is 12.5. The third-order valence-electron chi connectivity index (χ3n) is 4.61. The summed E-state index contributed by atoms with van der Waals surface area (Å²) in [6.07, 6.45) is 2.73. The highest BCUT2D eigenvalue weighted by molar-refractivity contribution is 7.10. The normalized spacial score (nSPS) is 27.1. The molecule has 2 fully saturated rings. The SMILES string of the molecule is C[C@@H]1CN(C(=O)NC[C@H](c2cccs2)N2CCCC2)C[C@@H](C)O1. The summed E-state index contributed by atoms with van der Waals surface area (Å²) in [7, 11) is 0. The van der Waals surface area contributed by atoms with Gasteiger partial charge in [0.15, 0.2) is 0 Å². The molecule has 0 unspecified atom stereocenters. The number of likely N-dealkylation sites (tertiary alicyclic amines) is 1. The van der Waals surface area contributed by atoms with Crippen LogP contribution in [0.1, 0.15) is 37.6 Å². The lowest BCUT2D eigenvalue weighted by atomic mass is 10.2. The van der Waals surface area contributed by atoms with E-state index in [-0.39, 0.29) is 18.2 Å². The monoisotopic (exact) mass is 337 g/mol. The smallest absolute Gasteiger partial charge is 0.317 e. The van der Waals surface area contributed by atoms with E-state index in [0.717, 1.165) is 13.1 Å². The number of nitrogens with one attached hydrogen (secondary N) is 1.